The first-order chi connectivity index (χ1) is 9.06. The first-order valence-electron chi connectivity index (χ1n) is 7.14. The van der Waals surface area contributed by atoms with Crippen molar-refractivity contribution in [3.8, 4) is 0 Å². The molecule has 2 atom stereocenters. The molecular formula is C15H23NO2S. The van der Waals surface area contributed by atoms with E-state index in [-0.39, 0.29) is 12.0 Å². The van der Waals surface area contributed by atoms with E-state index in [1.54, 1.807) is 18.3 Å². The Kier molecular flexibility index (Phi) is 4.99. The van der Waals surface area contributed by atoms with E-state index in [1.165, 1.54) is 23.3 Å². The fourth-order valence-electron chi connectivity index (χ4n) is 2.62. The molecule has 0 aliphatic heterocycles. The van der Waals surface area contributed by atoms with Gasteiger partial charge in [-0.3, -0.25) is 4.79 Å². The number of hydrogen-bond acceptors (Lipinski definition) is 3. The highest BCUT2D eigenvalue weighted by Crippen LogP contribution is 2.29. The summed E-state index contributed by atoms with van der Waals surface area (Å²) in [6, 6.07) is 2.06. The smallest absolute Gasteiger partial charge is 0.261 e. The molecule has 0 radical (unpaired) electrons. The van der Waals surface area contributed by atoms with Gasteiger partial charge in [0.1, 0.15) is 0 Å². The van der Waals surface area contributed by atoms with Crippen molar-refractivity contribution in [3.63, 3.8) is 0 Å². The summed E-state index contributed by atoms with van der Waals surface area (Å²) in [6.45, 7) is 4.46. The molecular weight excluding hydrogens is 258 g/mol. The molecule has 2 rings (SSSR count). The lowest BCUT2D eigenvalue weighted by Gasteiger charge is -2.13. The number of aliphatic hydroxyl groups is 1. The van der Waals surface area contributed by atoms with Crippen LogP contribution < -0.4 is 5.32 Å². The van der Waals surface area contributed by atoms with Gasteiger partial charge in [0.2, 0.25) is 0 Å². The number of nitrogens with one attached hydrogen (secondary N) is 1. The van der Waals surface area contributed by atoms with E-state index in [1.807, 2.05) is 6.92 Å². The van der Waals surface area contributed by atoms with Crippen LogP contribution in [-0.4, -0.2) is 23.7 Å². The Morgan fingerprint density at radius 2 is 2.16 bits per heavy atom. The Balaban J connectivity index is 1.87. The number of hydrogen-bond donors (Lipinski definition) is 2. The molecule has 2 N–H and O–H groups in total. The average molecular weight is 281 g/mol. The van der Waals surface area contributed by atoms with Crippen LogP contribution in [0.5, 0.6) is 0 Å². The van der Waals surface area contributed by atoms with Crippen LogP contribution in [0.2, 0.25) is 0 Å². The van der Waals surface area contributed by atoms with E-state index < -0.39 is 0 Å². The number of rotatable bonds is 5. The summed E-state index contributed by atoms with van der Waals surface area (Å²) >= 11 is 1.65. The minimum atomic E-state index is -0.305. The van der Waals surface area contributed by atoms with Crippen LogP contribution in [0.15, 0.2) is 6.07 Å². The van der Waals surface area contributed by atoms with Crippen molar-refractivity contribution in [2.45, 2.75) is 52.1 Å². The molecule has 1 aliphatic rings. The molecule has 3 nitrogen and oxygen atoms in total. The number of carbonyl (C=O) groups is 1. The standard InChI is InChI=1S/C15H23NO2S/c1-10(7-11(2)17)9-16-15(18)14-8-12-5-3-4-6-13(12)19-14/h8,10-11,17H,3-7,9H2,1-2H3,(H,16,18). The topological polar surface area (TPSA) is 49.3 Å². The Bertz CT molecular complexity index is 416. The van der Waals surface area contributed by atoms with Gasteiger partial charge in [-0.15, -0.1) is 11.3 Å². The first-order valence-corrected chi connectivity index (χ1v) is 7.95. The summed E-state index contributed by atoms with van der Waals surface area (Å²) in [5.41, 5.74) is 1.37. The lowest BCUT2D eigenvalue weighted by Crippen LogP contribution is -2.28. The maximum Gasteiger partial charge on any atom is 0.261 e. The molecule has 1 aromatic heterocycles. The number of aliphatic hydroxyl groups excluding tert-OH is 1. The molecule has 0 bridgehead atoms. The first kappa shape index (κ1) is 14.5. The van der Waals surface area contributed by atoms with E-state index >= 15 is 0 Å². The summed E-state index contributed by atoms with van der Waals surface area (Å²) in [6.07, 6.45) is 5.17. The van der Waals surface area contributed by atoms with Crippen LogP contribution in [0.4, 0.5) is 0 Å². The molecule has 0 saturated heterocycles. The molecule has 1 aliphatic carbocycles. The zero-order valence-electron chi connectivity index (χ0n) is 11.7. The molecule has 0 saturated carbocycles. The predicted molar refractivity (Wildman–Crippen MR) is 78.8 cm³/mol. The van der Waals surface area contributed by atoms with Crippen molar-refractivity contribution < 1.29 is 9.90 Å². The molecule has 0 aromatic carbocycles. The summed E-state index contributed by atoms with van der Waals surface area (Å²) < 4.78 is 0. The third-order valence-corrected chi connectivity index (χ3v) is 4.81. The van der Waals surface area contributed by atoms with Crippen LogP contribution in [-0.2, 0) is 12.8 Å². The van der Waals surface area contributed by atoms with Crippen molar-refractivity contribution in [1.29, 1.82) is 0 Å². The van der Waals surface area contributed by atoms with Gasteiger partial charge in [-0.05, 0) is 56.6 Å². The maximum atomic E-state index is 12.1. The van der Waals surface area contributed by atoms with Crippen LogP contribution >= 0.6 is 11.3 Å². The minimum Gasteiger partial charge on any atom is -0.393 e. The van der Waals surface area contributed by atoms with Gasteiger partial charge >= 0.3 is 0 Å². The molecule has 1 aromatic rings. The Morgan fingerprint density at radius 3 is 2.84 bits per heavy atom. The largest absolute Gasteiger partial charge is 0.393 e. The Morgan fingerprint density at radius 1 is 1.42 bits per heavy atom. The average Bonchev–Trinajstić information content (AvgIpc) is 2.78. The van der Waals surface area contributed by atoms with Gasteiger partial charge < -0.3 is 10.4 Å². The summed E-state index contributed by atoms with van der Waals surface area (Å²) in [5.74, 6) is 0.343. The second kappa shape index (κ2) is 6.53. The zero-order chi connectivity index (χ0) is 13.8. The van der Waals surface area contributed by atoms with E-state index in [0.29, 0.717) is 12.5 Å². The van der Waals surface area contributed by atoms with Crippen LogP contribution in [0, 0.1) is 5.92 Å². The van der Waals surface area contributed by atoms with Crippen LogP contribution in [0.3, 0.4) is 0 Å². The Hall–Kier alpha value is -0.870. The molecule has 4 heteroatoms. The third kappa shape index (κ3) is 4.05. The molecule has 0 fully saturated rings. The van der Waals surface area contributed by atoms with E-state index in [9.17, 15) is 9.90 Å². The predicted octanol–water partition coefficient (Wildman–Crippen LogP) is 2.76. The fraction of sp³-hybridized carbons (Fsp3) is 0.667. The summed E-state index contributed by atoms with van der Waals surface area (Å²) in [5, 5.41) is 12.3. The highest BCUT2D eigenvalue weighted by atomic mass is 32.1. The second-order valence-electron chi connectivity index (χ2n) is 5.67. The monoisotopic (exact) mass is 281 g/mol. The van der Waals surface area contributed by atoms with Crippen molar-refractivity contribution in [2.75, 3.05) is 6.54 Å². The molecule has 106 valence electrons. The maximum absolute atomic E-state index is 12.1. The normalized spacial score (nSPS) is 17.6. The highest BCUT2D eigenvalue weighted by molar-refractivity contribution is 7.14. The number of fused-ring (bicyclic) bond motifs is 1. The van der Waals surface area contributed by atoms with Crippen molar-refractivity contribution in [1.82, 2.24) is 5.32 Å². The molecule has 19 heavy (non-hydrogen) atoms. The van der Waals surface area contributed by atoms with Gasteiger partial charge in [0.25, 0.3) is 5.91 Å². The van der Waals surface area contributed by atoms with Crippen molar-refractivity contribution in [2.24, 2.45) is 5.92 Å². The molecule has 0 spiro atoms. The quantitative estimate of drug-likeness (QED) is 0.872. The summed E-state index contributed by atoms with van der Waals surface area (Å²) in [4.78, 5) is 14.3. The van der Waals surface area contributed by atoms with Gasteiger partial charge in [0.15, 0.2) is 0 Å². The van der Waals surface area contributed by atoms with Crippen molar-refractivity contribution >= 4 is 17.2 Å². The number of amides is 1. The van der Waals surface area contributed by atoms with Crippen LogP contribution in [0.1, 0.15) is 53.2 Å². The number of thiophene rings is 1. The number of aryl methyl sites for hydroxylation is 2. The van der Waals surface area contributed by atoms with E-state index in [2.05, 4.69) is 11.4 Å². The molecule has 1 amide bonds. The van der Waals surface area contributed by atoms with Crippen LogP contribution in [0.25, 0.3) is 0 Å². The second-order valence-corrected chi connectivity index (χ2v) is 6.80. The van der Waals surface area contributed by atoms with Gasteiger partial charge in [-0.2, -0.15) is 0 Å². The lowest BCUT2D eigenvalue weighted by atomic mass is 9.99. The SMILES string of the molecule is CC(O)CC(C)CNC(=O)c1cc2c(s1)CCCC2. The third-order valence-electron chi connectivity index (χ3n) is 3.57. The van der Waals surface area contributed by atoms with Gasteiger partial charge in [-0.1, -0.05) is 6.92 Å². The zero-order valence-corrected chi connectivity index (χ0v) is 12.6. The molecule has 2 unspecified atom stereocenters. The van der Waals surface area contributed by atoms with E-state index in [4.69, 9.17) is 0 Å². The Labute approximate surface area is 119 Å². The van der Waals surface area contributed by atoms with Crippen molar-refractivity contribution in [3.05, 3.63) is 21.4 Å². The lowest BCUT2D eigenvalue weighted by molar-refractivity contribution is 0.0943. The van der Waals surface area contributed by atoms with E-state index in [0.717, 1.165) is 24.1 Å². The van der Waals surface area contributed by atoms with Gasteiger partial charge in [-0.25, -0.2) is 0 Å². The van der Waals surface area contributed by atoms with Gasteiger partial charge in [0, 0.05) is 11.4 Å². The minimum absolute atomic E-state index is 0.0387. The number of carbonyl (C=O) groups excluding carboxylic acids is 1. The fourth-order valence-corrected chi connectivity index (χ4v) is 3.79. The summed E-state index contributed by atoms with van der Waals surface area (Å²) in [7, 11) is 0. The van der Waals surface area contributed by atoms with Gasteiger partial charge in [0.05, 0.1) is 11.0 Å². The highest BCUT2D eigenvalue weighted by Gasteiger charge is 2.17. The molecule has 1 heterocycles.